The number of methoxy groups -OCH3 is 1. The van der Waals surface area contributed by atoms with E-state index in [0.717, 1.165) is 6.42 Å². The zero-order valence-corrected chi connectivity index (χ0v) is 9.80. The fourth-order valence-electron chi connectivity index (χ4n) is 1.20. The van der Waals surface area contributed by atoms with Crippen molar-refractivity contribution in [2.45, 2.75) is 13.3 Å². The quantitative estimate of drug-likeness (QED) is 0.578. The number of ether oxygens (including phenoxy) is 1. The molecule has 1 aromatic heterocycles. The first-order valence-electron chi connectivity index (χ1n) is 5.16. The van der Waals surface area contributed by atoms with Gasteiger partial charge in [0.2, 0.25) is 11.6 Å². The molecule has 0 fully saturated rings. The van der Waals surface area contributed by atoms with Crippen LogP contribution in [0.3, 0.4) is 0 Å². The number of nitrogens with zero attached hydrogens (tertiary/aromatic N) is 3. The van der Waals surface area contributed by atoms with E-state index < -0.39 is 0 Å². The number of hydrogen-bond acceptors (Lipinski definition) is 7. The Bertz CT molecular complexity index is 419. The predicted molar refractivity (Wildman–Crippen MR) is 66.4 cm³/mol. The van der Waals surface area contributed by atoms with Crippen LogP contribution >= 0.6 is 0 Å². The molecule has 0 bridgehead atoms. The summed E-state index contributed by atoms with van der Waals surface area (Å²) < 4.78 is 4.90. The molecule has 3 N–H and O–H groups in total. The third-order valence-electron chi connectivity index (χ3n) is 1.94. The maximum absolute atomic E-state index is 10.7. The molecule has 92 valence electrons. The first kappa shape index (κ1) is 12.9. The molecule has 7 nitrogen and oxygen atoms in total. The normalized spacial score (nSPS) is 10.5. The molecule has 0 unspecified atom stereocenters. The van der Waals surface area contributed by atoms with Crippen LogP contribution in [-0.4, -0.2) is 23.6 Å². The molecule has 1 heterocycles. The Labute approximate surface area is 99.1 Å². The summed E-state index contributed by atoms with van der Waals surface area (Å²) in [6.07, 6.45) is 4.85. The number of anilines is 2. The summed E-state index contributed by atoms with van der Waals surface area (Å²) in [5.41, 5.74) is 5.51. The second-order valence-electron chi connectivity index (χ2n) is 3.14. The average Bonchev–Trinajstić information content (AvgIpc) is 2.33. The van der Waals surface area contributed by atoms with Gasteiger partial charge in [-0.1, -0.05) is 19.1 Å². The van der Waals surface area contributed by atoms with E-state index in [9.17, 15) is 4.91 Å². The number of nitrogens with one attached hydrogen (secondary N) is 1. The molecule has 0 aliphatic rings. The lowest BCUT2D eigenvalue weighted by Crippen LogP contribution is -2.06. The molecule has 0 saturated heterocycles. The lowest BCUT2D eigenvalue weighted by molar-refractivity contribution is 0.399. The number of nitrogens with two attached hydrogens (primary N) is 1. The topological polar surface area (TPSA) is 102 Å². The van der Waals surface area contributed by atoms with E-state index in [1.807, 2.05) is 19.1 Å². The van der Waals surface area contributed by atoms with Gasteiger partial charge >= 0.3 is 0 Å². The average molecular weight is 237 g/mol. The molecule has 0 saturated carbocycles. The van der Waals surface area contributed by atoms with E-state index in [0.29, 0.717) is 6.54 Å². The Morgan fingerprint density at radius 3 is 2.82 bits per heavy atom. The van der Waals surface area contributed by atoms with Crippen LogP contribution in [0.4, 0.5) is 17.5 Å². The van der Waals surface area contributed by atoms with E-state index >= 15 is 0 Å². The molecule has 17 heavy (non-hydrogen) atoms. The Hall–Kier alpha value is -2.18. The number of rotatable bonds is 6. The molecule has 7 heteroatoms. The summed E-state index contributed by atoms with van der Waals surface area (Å²) in [7, 11) is 1.39. The first-order valence-corrected chi connectivity index (χ1v) is 5.16. The summed E-state index contributed by atoms with van der Waals surface area (Å²) in [4.78, 5) is 18.4. The van der Waals surface area contributed by atoms with Crippen molar-refractivity contribution in [2.75, 3.05) is 24.7 Å². The van der Waals surface area contributed by atoms with Gasteiger partial charge in [0.05, 0.1) is 7.11 Å². The van der Waals surface area contributed by atoms with E-state index in [-0.39, 0.29) is 23.3 Å². The van der Waals surface area contributed by atoms with Gasteiger partial charge < -0.3 is 15.8 Å². The fraction of sp³-hybridized carbons (Fsp3) is 0.400. The lowest BCUT2D eigenvalue weighted by atomic mass is 10.4. The van der Waals surface area contributed by atoms with Gasteiger partial charge in [-0.2, -0.15) is 9.97 Å². The SMILES string of the molecule is CC/C=C/CNc1nc(N)nc(OC)c1N=O. The highest BCUT2D eigenvalue weighted by Gasteiger charge is 2.14. The molecular weight excluding hydrogens is 222 g/mol. The molecular formula is C10H15N5O2. The van der Waals surface area contributed by atoms with Crippen molar-refractivity contribution < 1.29 is 4.74 Å². The molecule has 0 aliphatic heterocycles. The van der Waals surface area contributed by atoms with Crippen molar-refractivity contribution in [3.05, 3.63) is 17.1 Å². The van der Waals surface area contributed by atoms with E-state index in [4.69, 9.17) is 10.5 Å². The number of allylic oxidation sites excluding steroid dienone is 1. The highest BCUT2D eigenvalue weighted by atomic mass is 16.5. The lowest BCUT2D eigenvalue weighted by Gasteiger charge is -2.08. The Morgan fingerprint density at radius 1 is 1.47 bits per heavy atom. The molecule has 0 amide bonds. The number of aromatic nitrogens is 2. The van der Waals surface area contributed by atoms with Crippen LogP contribution in [0.15, 0.2) is 17.3 Å². The minimum absolute atomic E-state index is 0.0200. The highest BCUT2D eigenvalue weighted by molar-refractivity contribution is 5.67. The Balaban J connectivity index is 2.92. The van der Waals surface area contributed by atoms with Crippen LogP contribution in [0.25, 0.3) is 0 Å². The first-order chi connectivity index (χ1) is 8.22. The van der Waals surface area contributed by atoms with Crippen molar-refractivity contribution in [1.29, 1.82) is 0 Å². The van der Waals surface area contributed by atoms with Crippen LogP contribution in [0.1, 0.15) is 13.3 Å². The van der Waals surface area contributed by atoms with Crippen LogP contribution in [0.5, 0.6) is 5.88 Å². The predicted octanol–water partition coefficient (Wildman–Crippen LogP) is 1.84. The summed E-state index contributed by atoms with van der Waals surface area (Å²) in [6.45, 7) is 2.55. The smallest absolute Gasteiger partial charge is 0.250 e. The minimum atomic E-state index is 0.0200. The molecule has 0 aliphatic carbocycles. The maximum atomic E-state index is 10.7. The molecule has 0 spiro atoms. The van der Waals surface area contributed by atoms with Crippen molar-refractivity contribution in [2.24, 2.45) is 5.18 Å². The summed E-state index contributed by atoms with van der Waals surface area (Å²) >= 11 is 0. The Kier molecular flexibility index (Phi) is 4.86. The largest absolute Gasteiger partial charge is 0.479 e. The molecule has 0 aromatic carbocycles. The minimum Gasteiger partial charge on any atom is -0.479 e. The van der Waals surface area contributed by atoms with E-state index in [1.54, 1.807) is 0 Å². The zero-order valence-electron chi connectivity index (χ0n) is 9.80. The van der Waals surface area contributed by atoms with Gasteiger partial charge in [-0.3, -0.25) is 0 Å². The zero-order chi connectivity index (χ0) is 12.7. The van der Waals surface area contributed by atoms with Gasteiger partial charge in [-0.25, -0.2) is 0 Å². The third kappa shape index (κ3) is 3.40. The van der Waals surface area contributed by atoms with Crippen molar-refractivity contribution in [3.8, 4) is 5.88 Å². The van der Waals surface area contributed by atoms with Crippen LogP contribution in [-0.2, 0) is 0 Å². The van der Waals surface area contributed by atoms with Crippen molar-refractivity contribution >= 4 is 17.5 Å². The van der Waals surface area contributed by atoms with Crippen LogP contribution < -0.4 is 15.8 Å². The summed E-state index contributed by atoms with van der Waals surface area (Å²) in [6, 6.07) is 0. The maximum Gasteiger partial charge on any atom is 0.250 e. The molecule has 0 radical (unpaired) electrons. The summed E-state index contributed by atoms with van der Waals surface area (Å²) in [5.74, 6) is 0.357. The van der Waals surface area contributed by atoms with E-state index in [2.05, 4.69) is 20.5 Å². The second-order valence-corrected chi connectivity index (χ2v) is 3.14. The van der Waals surface area contributed by atoms with Crippen molar-refractivity contribution in [3.63, 3.8) is 0 Å². The van der Waals surface area contributed by atoms with Gasteiger partial charge in [0, 0.05) is 6.54 Å². The molecule has 1 aromatic rings. The second kappa shape index (κ2) is 6.41. The van der Waals surface area contributed by atoms with Gasteiger partial charge in [-0.15, -0.1) is 4.91 Å². The highest BCUT2D eigenvalue weighted by Crippen LogP contribution is 2.32. The number of nitroso groups, excluding NO2 is 1. The van der Waals surface area contributed by atoms with Gasteiger partial charge in [0.25, 0.3) is 5.88 Å². The van der Waals surface area contributed by atoms with Crippen molar-refractivity contribution in [1.82, 2.24) is 9.97 Å². The number of hydrogen-bond donors (Lipinski definition) is 2. The van der Waals surface area contributed by atoms with Crippen LogP contribution in [0.2, 0.25) is 0 Å². The molecule has 0 atom stereocenters. The number of nitrogen functional groups attached to an aromatic ring is 1. The van der Waals surface area contributed by atoms with Gasteiger partial charge in [-0.05, 0) is 11.6 Å². The monoisotopic (exact) mass is 237 g/mol. The fourth-order valence-corrected chi connectivity index (χ4v) is 1.20. The third-order valence-corrected chi connectivity index (χ3v) is 1.94. The van der Waals surface area contributed by atoms with Gasteiger partial charge in [0.15, 0.2) is 5.82 Å². The van der Waals surface area contributed by atoms with Crippen LogP contribution in [0, 0.1) is 4.91 Å². The summed E-state index contributed by atoms with van der Waals surface area (Å²) in [5, 5.41) is 5.76. The standard InChI is InChI=1S/C10H15N5O2/c1-3-4-5-6-12-8-7(15-16)9(17-2)14-10(11)13-8/h4-5H,3,6H2,1-2H3,(H3,11,12,13,14)/b5-4+. The molecule has 1 rings (SSSR count). The Morgan fingerprint density at radius 2 is 2.24 bits per heavy atom. The van der Waals surface area contributed by atoms with Gasteiger partial charge in [0.1, 0.15) is 0 Å². The van der Waals surface area contributed by atoms with E-state index in [1.165, 1.54) is 7.11 Å².